The third-order valence-corrected chi connectivity index (χ3v) is 5.85. The van der Waals surface area contributed by atoms with Gasteiger partial charge >= 0.3 is 0 Å². The molecule has 2 aromatic rings. The van der Waals surface area contributed by atoms with Crippen molar-refractivity contribution >= 4 is 17.5 Å². The minimum absolute atomic E-state index is 0.165. The SMILES string of the molecule is COc1cccc(N2CC[C@]3(CCc4cc(C(=O)NO)ccc4C3)C2=O)c1. The number of hydrogen-bond donors (Lipinski definition) is 2. The van der Waals surface area contributed by atoms with Crippen LogP contribution in [0.2, 0.25) is 0 Å². The van der Waals surface area contributed by atoms with E-state index in [1.165, 1.54) is 0 Å². The normalized spacial score (nSPS) is 21.3. The van der Waals surface area contributed by atoms with Gasteiger partial charge in [-0.15, -0.1) is 0 Å². The Bertz CT molecular complexity index is 911. The Kier molecular flexibility index (Phi) is 4.36. The average Bonchev–Trinajstić information content (AvgIpc) is 3.02. The number of anilines is 1. The molecular weight excluding hydrogens is 344 g/mol. The number of nitrogens with zero attached hydrogens (tertiary/aromatic N) is 1. The predicted octanol–water partition coefficient (Wildman–Crippen LogP) is 2.73. The number of rotatable bonds is 3. The number of ether oxygens (including phenoxy) is 1. The van der Waals surface area contributed by atoms with Crippen molar-refractivity contribution in [3.8, 4) is 5.75 Å². The molecule has 1 heterocycles. The van der Waals surface area contributed by atoms with Gasteiger partial charge in [0, 0.05) is 23.9 Å². The Labute approximate surface area is 157 Å². The zero-order valence-electron chi connectivity index (χ0n) is 15.2. The van der Waals surface area contributed by atoms with Crippen LogP contribution in [0.25, 0.3) is 0 Å². The second-order valence-corrected chi connectivity index (χ2v) is 7.29. The third kappa shape index (κ3) is 2.96. The molecule has 6 nitrogen and oxygen atoms in total. The van der Waals surface area contributed by atoms with Gasteiger partial charge in [-0.3, -0.25) is 14.8 Å². The zero-order valence-corrected chi connectivity index (χ0v) is 15.2. The lowest BCUT2D eigenvalue weighted by Crippen LogP contribution is -2.38. The molecule has 2 amide bonds. The van der Waals surface area contributed by atoms with Crippen LogP contribution in [0.1, 0.15) is 34.3 Å². The first-order chi connectivity index (χ1) is 13.1. The second kappa shape index (κ2) is 6.70. The molecule has 0 saturated carbocycles. The van der Waals surface area contributed by atoms with Crippen LogP contribution >= 0.6 is 0 Å². The van der Waals surface area contributed by atoms with E-state index in [9.17, 15) is 9.59 Å². The molecule has 1 aliphatic heterocycles. The van der Waals surface area contributed by atoms with E-state index in [0.717, 1.165) is 41.8 Å². The van der Waals surface area contributed by atoms with E-state index in [4.69, 9.17) is 9.94 Å². The number of carbonyl (C=O) groups excluding carboxylic acids is 2. The highest BCUT2D eigenvalue weighted by Crippen LogP contribution is 2.45. The number of hydrogen-bond acceptors (Lipinski definition) is 4. The Morgan fingerprint density at radius 2 is 2.04 bits per heavy atom. The highest BCUT2D eigenvalue weighted by Gasteiger charge is 2.48. The van der Waals surface area contributed by atoms with Gasteiger partial charge in [0.15, 0.2) is 0 Å². The first kappa shape index (κ1) is 17.5. The van der Waals surface area contributed by atoms with Crippen LogP contribution in [-0.2, 0) is 17.6 Å². The summed E-state index contributed by atoms with van der Waals surface area (Å²) in [7, 11) is 1.62. The Hall–Kier alpha value is -2.86. The Morgan fingerprint density at radius 3 is 2.81 bits per heavy atom. The number of methoxy groups -OCH3 is 1. The standard InChI is InChI=1S/C21H22N2O4/c1-27-18-4-2-3-17(12-18)23-10-9-21(20(23)25)8-7-14-11-15(19(24)22-26)5-6-16(14)13-21/h2-6,11-12,26H,7-10,13H2,1H3,(H,22,24)/t21-/m0/s1. The maximum atomic E-state index is 13.3. The summed E-state index contributed by atoms with van der Waals surface area (Å²) >= 11 is 0. The van der Waals surface area contributed by atoms with E-state index in [2.05, 4.69) is 0 Å². The number of hydroxylamine groups is 1. The van der Waals surface area contributed by atoms with Crippen LogP contribution < -0.4 is 15.1 Å². The molecule has 0 aromatic heterocycles. The number of amides is 2. The zero-order chi connectivity index (χ0) is 19.0. The molecule has 2 aromatic carbocycles. The Balaban J connectivity index is 1.59. The van der Waals surface area contributed by atoms with E-state index in [0.29, 0.717) is 18.5 Å². The highest BCUT2D eigenvalue weighted by atomic mass is 16.5. The van der Waals surface area contributed by atoms with Gasteiger partial charge in [0.25, 0.3) is 5.91 Å². The number of nitrogens with one attached hydrogen (secondary N) is 1. The van der Waals surface area contributed by atoms with E-state index < -0.39 is 5.91 Å². The van der Waals surface area contributed by atoms with Crippen LogP contribution in [0.5, 0.6) is 5.75 Å². The van der Waals surface area contributed by atoms with Crippen molar-refractivity contribution in [2.24, 2.45) is 5.41 Å². The first-order valence-electron chi connectivity index (χ1n) is 9.08. The number of benzene rings is 2. The number of aryl methyl sites for hydroxylation is 1. The van der Waals surface area contributed by atoms with Gasteiger partial charge in [-0.2, -0.15) is 0 Å². The third-order valence-electron chi connectivity index (χ3n) is 5.85. The van der Waals surface area contributed by atoms with E-state index >= 15 is 0 Å². The van der Waals surface area contributed by atoms with Crippen LogP contribution in [0.3, 0.4) is 0 Å². The lowest BCUT2D eigenvalue weighted by molar-refractivity contribution is -0.126. The summed E-state index contributed by atoms with van der Waals surface area (Å²) in [6.45, 7) is 0.701. The maximum absolute atomic E-state index is 13.3. The largest absolute Gasteiger partial charge is 0.497 e. The van der Waals surface area contributed by atoms with Crippen molar-refractivity contribution in [2.45, 2.75) is 25.7 Å². The molecule has 1 spiro atoms. The van der Waals surface area contributed by atoms with Crippen molar-refractivity contribution < 1.29 is 19.5 Å². The lowest BCUT2D eigenvalue weighted by atomic mass is 9.70. The molecule has 1 saturated heterocycles. The van der Waals surface area contributed by atoms with Gasteiger partial charge in [-0.25, -0.2) is 5.48 Å². The number of fused-ring (bicyclic) bond motifs is 1. The van der Waals surface area contributed by atoms with Crippen molar-refractivity contribution in [2.75, 3.05) is 18.6 Å². The molecule has 6 heteroatoms. The molecule has 140 valence electrons. The molecule has 1 aliphatic carbocycles. The van der Waals surface area contributed by atoms with Gasteiger partial charge in [0.05, 0.1) is 12.5 Å². The van der Waals surface area contributed by atoms with Crippen LogP contribution in [0.4, 0.5) is 5.69 Å². The van der Waals surface area contributed by atoms with Crippen molar-refractivity contribution in [3.05, 3.63) is 59.2 Å². The van der Waals surface area contributed by atoms with Crippen LogP contribution in [0.15, 0.2) is 42.5 Å². The fourth-order valence-corrected chi connectivity index (χ4v) is 4.31. The molecule has 2 N–H and O–H groups in total. The molecule has 27 heavy (non-hydrogen) atoms. The van der Waals surface area contributed by atoms with Crippen molar-refractivity contribution in [3.63, 3.8) is 0 Å². The topological polar surface area (TPSA) is 78.9 Å². The predicted molar refractivity (Wildman–Crippen MR) is 100 cm³/mol. The summed E-state index contributed by atoms with van der Waals surface area (Å²) in [6.07, 6.45) is 3.02. The van der Waals surface area contributed by atoms with E-state index in [1.807, 2.05) is 41.3 Å². The average molecular weight is 366 g/mol. The summed E-state index contributed by atoms with van der Waals surface area (Å²) in [6, 6.07) is 13.0. The van der Waals surface area contributed by atoms with Gasteiger partial charge < -0.3 is 9.64 Å². The maximum Gasteiger partial charge on any atom is 0.274 e. The molecule has 0 radical (unpaired) electrons. The summed E-state index contributed by atoms with van der Waals surface area (Å²) < 4.78 is 5.28. The minimum atomic E-state index is -0.515. The molecule has 2 aliphatic rings. The molecule has 0 unspecified atom stereocenters. The van der Waals surface area contributed by atoms with E-state index in [-0.39, 0.29) is 11.3 Å². The summed E-state index contributed by atoms with van der Waals surface area (Å²) in [5.74, 6) is 0.391. The van der Waals surface area contributed by atoms with Crippen molar-refractivity contribution in [1.82, 2.24) is 5.48 Å². The quantitative estimate of drug-likeness (QED) is 0.647. The fraction of sp³-hybridized carbons (Fsp3) is 0.333. The highest BCUT2D eigenvalue weighted by molar-refractivity contribution is 6.00. The summed E-state index contributed by atoms with van der Waals surface area (Å²) in [4.78, 5) is 26.8. The van der Waals surface area contributed by atoms with Crippen molar-refractivity contribution in [1.29, 1.82) is 0 Å². The molecular formula is C21H22N2O4. The van der Waals surface area contributed by atoms with Gasteiger partial charge in [-0.05, 0) is 61.1 Å². The van der Waals surface area contributed by atoms with Gasteiger partial charge in [0.1, 0.15) is 5.75 Å². The Morgan fingerprint density at radius 1 is 1.19 bits per heavy atom. The molecule has 0 bridgehead atoms. The summed E-state index contributed by atoms with van der Waals surface area (Å²) in [5.41, 5.74) is 4.78. The molecule has 1 fully saturated rings. The van der Waals surface area contributed by atoms with Crippen LogP contribution in [0, 0.1) is 5.41 Å². The molecule has 4 rings (SSSR count). The second-order valence-electron chi connectivity index (χ2n) is 7.29. The first-order valence-corrected chi connectivity index (χ1v) is 9.08. The smallest absolute Gasteiger partial charge is 0.274 e. The van der Waals surface area contributed by atoms with Crippen LogP contribution in [-0.4, -0.2) is 30.7 Å². The lowest BCUT2D eigenvalue weighted by Gasteiger charge is -2.33. The molecule has 1 atom stereocenters. The van der Waals surface area contributed by atoms with E-state index in [1.54, 1.807) is 18.7 Å². The van der Waals surface area contributed by atoms with Gasteiger partial charge in [0.2, 0.25) is 5.91 Å². The minimum Gasteiger partial charge on any atom is -0.497 e. The fourth-order valence-electron chi connectivity index (χ4n) is 4.31. The van der Waals surface area contributed by atoms with Gasteiger partial charge in [-0.1, -0.05) is 12.1 Å². The monoisotopic (exact) mass is 366 g/mol. The summed E-state index contributed by atoms with van der Waals surface area (Å²) in [5, 5.41) is 8.81. The number of carbonyl (C=O) groups is 2.